The first-order valence-electron chi connectivity index (χ1n) is 7.58. The van der Waals surface area contributed by atoms with Crippen molar-refractivity contribution >= 4 is 0 Å². The lowest BCUT2D eigenvalue weighted by Crippen LogP contribution is -2.43. The molecule has 0 spiro atoms. The molecule has 0 radical (unpaired) electrons. The molecule has 19 heavy (non-hydrogen) atoms. The van der Waals surface area contributed by atoms with Crippen LogP contribution >= 0.6 is 0 Å². The van der Waals surface area contributed by atoms with Gasteiger partial charge in [0.25, 0.3) is 0 Å². The van der Waals surface area contributed by atoms with Gasteiger partial charge < -0.3 is 10.1 Å². The number of hydrogen-bond donors (Lipinski definition) is 1. The second-order valence-corrected chi connectivity index (χ2v) is 6.42. The van der Waals surface area contributed by atoms with Gasteiger partial charge in [-0.05, 0) is 45.1 Å². The Bertz CT molecular complexity index is 424. The van der Waals surface area contributed by atoms with E-state index in [0.717, 1.165) is 38.6 Å². The molecule has 1 saturated heterocycles. The average Bonchev–Trinajstić information content (AvgIpc) is 3.20. The third kappa shape index (κ3) is 3.01. The molecule has 1 heterocycles. The van der Waals surface area contributed by atoms with Crippen molar-refractivity contribution in [3.05, 3.63) is 34.9 Å². The molecule has 2 aliphatic rings. The lowest BCUT2D eigenvalue weighted by molar-refractivity contribution is 0.0497. The van der Waals surface area contributed by atoms with Crippen LogP contribution in [0.25, 0.3) is 0 Å². The summed E-state index contributed by atoms with van der Waals surface area (Å²) in [6.45, 7) is 7.33. The van der Waals surface area contributed by atoms with E-state index in [0.29, 0.717) is 0 Å². The van der Waals surface area contributed by atoms with E-state index in [4.69, 9.17) is 4.74 Å². The first kappa shape index (κ1) is 13.1. The topological polar surface area (TPSA) is 21.3 Å². The van der Waals surface area contributed by atoms with Crippen LogP contribution in [0.2, 0.25) is 0 Å². The van der Waals surface area contributed by atoms with Crippen molar-refractivity contribution in [2.24, 2.45) is 0 Å². The molecule has 0 amide bonds. The van der Waals surface area contributed by atoms with Crippen molar-refractivity contribution < 1.29 is 4.74 Å². The van der Waals surface area contributed by atoms with Crippen LogP contribution < -0.4 is 5.32 Å². The van der Waals surface area contributed by atoms with Crippen LogP contribution in [0.5, 0.6) is 0 Å². The molecular formula is C17H25NO. The fourth-order valence-electron chi connectivity index (χ4n) is 3.24. The number of rotatable bonds is 4. The molecule has 1 aromatic carbocycles. The molecule has 2 fully saturated rings. The lowest BCUT2D eigenvalue weighted by atomic mass is 9.73. The zero-order chi connectivity index (χ0) is 13.3. The number of ether oxygens (including phenoxy) is 1. The minimum absolute atomic E-state index is 0.289. The smallest absolute Gasteiger partial charge is 0.0475 e. The first-order valence-corrected chi connectivity index (χ1v) is 7.58. The number of hydrogen-bond acceptors (Lipinski definition) is 2. The lowest BCUT2D eigenvalue weighted by Gasteiger charge is -2.38. The molecule has 1 aliphatic heterocycles. The van der Waals surface area contributed by atoms with Gasteiger partial charge in [-0.3, -0.25) is 0 Å². The van der Waals surface area contributed by atoms with Crippen LogP contribution in [0.15, 0.2) is 18.2 Å². The highest BCUT2D eigenvalue weighted by atomic mass is 16.5. The molecule has 2 nitrogen and oxygen atoms in total. The van der Waals surface area contributed by atoms with E-state index >= 15 is 0 Å². The van der Waals surface area contributed by atoms with Crippen LogP contribution in [0, 0.1) is 13.8 Å². The van der Waals surface area contributed by atoms with Gasteiger partial charge in [0.1, 0.15) is 0 Å². The highest BCUT2D eigenvalue weighted by molar-refractivity contribution is 5.35. The van der Waals surface area contributed by atoms with Crippen molar-refractivity contribution in [1.82, 2.24) is 5.32 Å². The van der Waals surface area contributed by atoms with Gasteiger partial charge in [0.15, 0.2) is 0 Å². The highest BCUT2D eigenvalue weighted by Gasteiger charge is 2.36. The van der Waals surface area contributed by atoms with Gasteiger partial charge in [0, 0.05) is 31.2 Å². The monoisotopic (exact) mass is 259 g/mol. The molecule has 0 aromatic heterocycles. The predicted molar refractivity (Wildman–Crippen MR) is 78.7 cm³/mol. The van der Waals surface area contributed by atoms with Crippen molar-refractivity contribution in [1.29, 1.82) is 0 Å². The maximum absolute atomic E-state index is 5.60. The summed E-state index contributed by atoms with van der Waals surface area (Å²) in [6, 6.07) is 7.82. The van der Waals surface area contributed by atoms with Crippen LogP contribution in [-0.4, -0.2) is 25.8 Å². The Hall–Kier alpha value is -0.860. The van der Waals surface area contributed by atoms with Gasteiger partial charge >= 0.3 is 0 Å². The minimum atomic E-state index is 0.289. The van der Waals surface area contributed by atoms with Gasteiger partial charge in [-0.25, -0.2) is 0 Å². The van der Waals surface area contributed by atoms with Crippen LogP contribution in [0.3, 0.4) is 0 Å². The van der Waals surface area contributed by atoms with Crippen molar-refractivity contribution in [2.75, 3.05) is 19.8 Å². The third-order valence-corrected chi connectivity index (χ3v) is 4.59. The molecule has 1 aliphatic carbocycles. The normalized spacial score (nSPS) is 22.4. The number of aryl methyl sites for hydroxylation is 2. The van der Waals surface area contributed by atoms with Gasteiger partial charge in [-0.1, -0.05) is 29.3 Å². The summed E-state index contributed by atoms with van der Waals surface area (Å²) in [4.78, 5) is 0. The zero-order valence-corrected chi connectivity index (χ0v) is 12.2. The summed E-state index contributed by atoms with van der Waals surface area (Å²) in [5.41, 5.74) is 4.57. The average molecular weight is 259 g/mol. The fraction of sp³-hybridized carbons (Fsp3) is 0.647. The maximum Gasteiger partial charge on any atom is 0.0475 e. The van der Waals surface area contributed by atoms with Gasteiger partial charge in [-0.2, -0.15) is 0 Å². The van der Waals surface area contributed by atoms with E-state index < -0.39 is 0 Å². The molecule has 0 unspecified atom stereocenters. The summed E-state index contributed by atoms with van der Waals surface area (Å²) in [6.07, 6.45) is 5.02. The van der Waals surface area contributed by atoms with Gasteiger partial charge in [-0.15, -0.1) is 0 Å². The number of benzene rings is 1. The molecule has 0 atom stereocenters. The van der Waals surface area contributed by atoms with E-state index in [1.54, 1.807) is 0 Å². The molecule has 2 heteroatoms. The summed E-state index contributed by atoms with van der Waals surface area (Å²) in [5.74, 6) is 0. The van der Waals surface area contributed by atoms with Crippen molar-refractivity contribution in [2.45, 2.75) is 51.0 Å². The second kappa shape index (κ2) is 5.26. The fourth-order valence-corrected chi connectivity index (χ4v) is 3.24. The molecular weight excluding hydrogens is 234 g/mol. The Morgan fingerprint density at radius 3 is 2.32 bits per heavy atom. The summed E-state index contributed by atoms with van der Waals surface area (Å²) < 4.78 is 5.60. The van der Waals surface area contributed by atoms with E-state index in [1.807, 2.05) is 0 Å². The predicted octanol–water partition coefficient (Wildman–Crippen LogP) is 3.10. The Morgan fingerprint density at radius 1 is 1.11 bits per heavy atom. The van der Waals surface area contributed by atoms with Crippen molar-refractivity contribution in [3.63, 3.8) is 0 Å². The third-order valence-electron chi connectivity index (χ3n) is 4.59. The molecule has 0 bridgehead atoms. The minimum Gasteiger partial charge on any atom is -0.381 e. The Morgan fingerprint density at radius 2 is 1.74 bits per heavy atom. The van der Waals surface area contributed by atoms with E-state index in [1.165, 1.54) is 29.5 Å². The maximum atomic E-state index is 5.60. The van der Waals surface area contributed by atoms with Gasteiger partial charge in [0.2, 0.25) is 0 Å². The summed E-state index contributed by atoms with van der Waals surface area (Å²) in [7, 11) is 0. The van der Waals surface area contributed by atoms with E-state index in [2.05, 4.69) is 37.4 Å². The number of nitrogens with one attached hydrogen (secondary N) is 1. The van der Waals surface area contributed by atoms with Crippen LogP contribution in [0.4, 0.5) is 0 Å². The standard InChI is InChI=1S/C17H25NO/c1-13-9-14(2)11-15(10-13)17(5-7-19-8-6-17)12-18-16-3-4-16/h9-11,16,18H,3-8,12H2,1-2H3. The zero-order valence-electron chi connectivity index (χ0n) is 12.2. The quantitative estimate of drug-likeness (QED) is 0.897. The first-order chi connectivity index (χ1) is 9.18. The molecule has 1 N–H and O–H groups in total. The highest BCUT2D eigenvalue weighted by Crippen LogP contribution is 2.36. The molecule has 1 aromatic rings. The summed E-state index contributed by atoms with van der Waals surface area (Å²) in [5, 5.41) is 3.75. The molecule has 3 rings (SSSR count). The second-order valence-electron chi connectivity index (χ2n) is 6.42. The Labute approximate surface area is 116 Å². The van der Waals surface area contributed by atoms with Crippen LogP contribution in [-0.2, 0) is 10.2 Å². The van der Waals surface area contributed by atoms with E-state index in [-0.39, 0.29) is 5.41 Å². The van der Waals surface area contributed by atoms with Crippen LogP contribution in [0.1, 0.15) is 42.4 Å². The van der Waals surface area contributed by atoms with Crippen molar-refractivity contribution in [3.8, 4) is 0 Å². The summed E-state index contributed by atoms with van der Waals surface area (Å²) >= 11 is 0. The Kier molecular flexibility index (Phi) is 3.64. The SMILES string of the molecule is Cc1cc(C)cc(C2(CNC3CC3)CCOCC2)c1. The van der Waals surface area contributed by atoms with E-state index in [9.17, 15) is 0 Å². The van der Waals surface area contributed by atoms with Gasteiger partial charge in [0.05, 0.1) is 0 Å². The molecule has 1 saturated carbocycles. The molecule has 104 valence electrons. The Balaban J connectivity index is 1.87. The largest absolute Gasteiger partial charge is 0.381 e.